The van der Waals surface area contributed by atoms with Crippen LogP contribution < -0.4 is 4.74 Å². The molecule has 1 heterocycles. The van der Waals surface area contributed by atoms with Crippen LogP contribution in [-0.4, -0.2) is 4.98 Å². The van der Waals surface area contributed by atoms with Crippen LogP contribution in [0, 0.1) is 0 Å². The quantitative estimate of drug-likeness (QED) is 0.638. The molecule has 2 aromatic carbocycles. The van der Waals surface area contributed by atoms with Gasteiger partial charge in [-0.25, -0.2) is 0 Å². The van der Waals surface area contributed by atoms with Gasteiger partial charge in [0.2, 0.25) is 0 Å². The third-order valence-corrected chi connectivity index (χ3v) is 3.47. The van der Waals surface area contributed by atoms with Crippen molar-refractivity contribution >= 4 is 10.9 Å². The third kappa shape index (κ3) is 2.95. The summed E-state index contributed by atoms with van der Waals surface area (Å²) in [6, 6.07) is 18.2. The molecule has 1 aromatic heterocycles. The molecule has 0 unspecified atom stereocenters. The fourth-order valence-corrected chi connectivity index (χ4v) is 2.41. The molecule has 0 fully saturated rings. The summed E-state index contributed by atoms with van der Waals surface area (Å²) in [6.07, 6.45) is 4.57. The second-order valence-electron chi connectivity index (χ2n) is 4.88. The van der Waals surface area contributed by atoms with Crippen LogP contribution in [0.5, 0.6) is 5.75 Å². The van der Waals surface area contributed by atoms with E-state index in [1.54, 1.807) is 6.20 Å². The summed E-state index contributed by atoms with van der Waals surface area (Å²) < 4.78 is 6.02. The number of nitrogens with zero attached hydrogens (tertiary/aromatic N) is 1. The van der Waals surface area contributed by atoms with Crippen LogP contribution in [0.2, 0.25) is 0 Å². The summed E-state index contributed by atoms with van der Waals surface area (Å²) in [4.78, 5) is 4.35. The average Bonchev–Trinajstić information content (AvgIpc) is 2.54. The number of ether oxygens (including phenoxy) is 1. The molecule has 2 nitrogen and oxygen atoms in total. The Morgan fingerprint density at radius 3 is 2.67 bits per heavy atom. The first-order valence-electron chi connectivity index (χ1n) is 7.02. The fraction of sp³-hybridized carbons (Fsp3) is 0.105. The SMILES string of the molecule is C=CCc1ccccc1COc1cccc2ncccc12. The van der Waals surface area contributed by atoms with Gasteiger partial charge in [0, 0.05) is 11.6 Å². The molecule has 0 bridgehead atoms. The normalized spacial score (nSPS) is 10.5. The van der Waals surface area contributed by atoms with Gasteiger partial charge < -0.3 is 4.74 Å². The number of hydrogen-bond acceptors (Lipinski definition) is 2. The summed E-state index contributed by atoms with van der Waals surface area (Å²) in [5.74, 6) is 0.869. The maximum Gasteiger partial charge on any atom is 0.129 e. The molecule has 0 spiro atoms. The second-order valence-corrected chi connectivity index (χ2v) is 4.88. The molecule has 0 atom stereocenters. The Balaban J connectivity index is 1.85. The number of rotatable bonds is 5. The Morgan fingerprint density at radius 1 is 0.952 bits per heavy atom. The molecule has 0 saturated carbocycles. The lowest BCUT2D eigenvalue weighted by Crippen LogP contribution is -2.00. The average molecular weight is 275 g/mol. The first kappa shape index (κ1) is 13.4. The van der Waals surface area contributed by atoms with E-state index in [1.807, 2.05) is 48.5 Å². The number of allylic oxidation sites excluding steroid dienone is 1. The van der Waals surface area contributed by atoms with Crippen molar-refractivity contribution in [1.82, 2.24) is 4.98 Å². The van der Waals surface area contributed by atoms with E-state index in [0.29, 0.717) is 6.61 Å². The first-order chi connectivity index (χ1) is 10.4. The zero-order valence-corrected chi connectivity index (χ0v) is 11.8. The van der Waals surface area contributed by atoms with Gasteiger partial charge in [0.25, 0.3) is 0 Å². The zero-order valence-electron chi connectivity index (χ0n) is 11.8. The van der Waals surface area contributed by atoms with E-state index in [4.69, 9.17) is 4.74 Å². The van der Waals surface area contributed by atoms with Gasteiger partial charge in [0.15, 0.2) is 0 Å². The number of aromatic nitrogens is 1. The van der Waals surface area contributed by atoms with Crippen LogP contribution in [0.1, 0.15) is 11.1 Å². The molecule has 0 radical (unpaired) electrons. The molecule has 0 aliphatic heterocycles. The number of fused-ring (bicyclic) bond motifs is 1. The van der Waals surface area contributed by atoms with E-state index in [0.717, 1.165) is 23.1 Å². The second kappa shape index (κ2) is 6.23. The zero-order chi connectivity index (χ0) is 14.5. The molecule has 0 saturated heterocycles. The Labute approximate surface area is 124 Å². The molecule has 21 heavy (non-hydrogen) atoms. The van der Waals surface area contributed by atoms with Crippen LogP contribution in [0.3, 0.4) is 0 Å². The summed E-state index contributed by atoms with van der Waals surface area (Å²) in [7, 11) is 0. The standard InChI is InChI=1S/C19H17NO/c1-2-7-15-8-3-4-9-16(15)14-21-19-12-5-11-18-17(19)10-6-13-20-18/h2-6,8-13H,1,7,14H2. The fourth-order valence-electron chi connectivity index (χ4n) is 2.41. The monoisotopic (exact) mass is 275 g/mol. The molecule has 0 aliphatic carbocycles. The molecule has 3 rings (SSSR count). The Kier molecular flexibility index (Phi) is 3.97. The lowest BCUT2D eigenvalue weighted by atomic mass is 10.1. The summed E-state index contributed by atoms with van der Waals surface area (Å²) in [5, 5.41) is 1.04. The predicted octanol–water partition coefficient (Wildman–Crippen LogP) is 4.54. The van der Waals surface area contributed by atoms with Crippen molar-refractivity contribution in [3.63, 3.8) is 0 Å². The van der Waals surface area contributed by atoms with Crippen molar-refractivity contribution < 1.29 is 4.74 Å². The van der Waals surface area contributed by atoms with Gasteiger partial charge in [-0.3, -0.25) is 4.98 Å². The van der Waals surface area contributed by atoms with Crippen molar-refractivity contribution in [2.45, 2.75) is 13.0 Å². The number of pyridine rings is 1. The molecule has 2 heteroatoms. The van der Waals surface area contributed by atoms with E-state index in [1.165, 1.54) is 11.1 Å². The first-order valence-corrected chi connectivity index (χ1v) is 7.02. The smallest absolute Gasteiger partial charge is 0.129 e. The molecule has 0 amide bonds. The van der Waals surface area contributed by atoms with Crippen molar-refractivity contribution in [3.8, 4) is 5.75 Å². The summed E-state index contributed by atoms with van der Waals surface area (Å²) in [5.41, 5.74) is 3.40. The van der Waals surface area contributed by atoms with Gasteiger partial charge >= 0.3 is 0 Å². The van der Waals surface area contributed by atoms with Crippen LogP contribution in [0.4, 0.5) is 0 Å². The van der Waals surface area contributed by atoms with E-state index < -0.39 is 0 Å². The number of hydrogen-bond donors (Lipinski definition) is 0. The van der Waals surface area contributed by atoms with Crippen LogP contribution in [-0.2, 0) is 13.0 Å². The highest BCUT2D eigenvalue weighted by Gasteiger charge is 2.05. The highest BCUT2D eigenvalue weighted by Crippen LogP contribution is 2.25. The van der Waals surface area contributed by atoms with Crippen molar-refractivity contribution in [1.29, 1.82) is 0 Å². The van der Waals surface area contributed by atoms with E-state index >= 15 is 0 Å². The lowest BCUT2D eigenvalue weighted by molar-refractivity contribution is 0.309. The Hall–Kier alpha value is -2.61. The van der Waals surface area contributed by atoms with E-state index in [-0.39, 0.29) is 0 Å². The molecule has 3 aromatic rings. The molecule has 0 aliphatic rings. The topological polar surface area (TPSA) is 22.1 Å². The van der Waals surface area contributed by atoms with Gasteiger partial charge in [-0.1, -0.05) is 36.4 Å². The highest BCUT2D eigenvalue weighted by atomic mass is 16.5. The van der Waals surface area contributed by atoms with Gasteiger partial charge in [0.05, 0.1) is 5.52 Å². The lowest BCUT2D eigenvalue weighted by Gasteiger charge is -2.11. The summed E-state index contributed by atoms with van der Waals surface area (Å²) in [6.45, 7) is 4.36. The summed E-state index contributed by atoms with van der Waals surface area (Å²) >= 11 is 0. The van der Waals surface area contributed by atoms with E-state index in [2.05, 4.69) is 23.7 Å². The minimum absolute atomic E-state index is 0.554. The maximum atomic E-state index is 6.02. The molecular formula is C19H17NO. The Morgan fingerprint density at radius 2 is 1.81 bits per heavy atom. The van der Waals surface area contributed by atoms with Crippen LogP contribution in [0.15, 0.2) is 73.4 Å². The van der Waals surface area contributed by atoms with Crippen molar-refractivity contribution in [2.24, 2.45) is 0 Å². The molecular weight excluding hydrogens is 258 g/mol. The van der Waals surface area contributed by atoms with Crippen molar-refractivity contribution in [3.05, 3.63) is 84.6 Å². The maximum absolute atomic E-state index is 6.02. The Bertz CT molecular complexity index is 759. The van der Waals surface area contributed by atoms with Gasteiger partial charge in [-0.2, -0.15) is 0 Å². The van der Waals surface area contributed by atoms with Gasteiger partial charge in [-0.15, -0.1) is 6.58 Å². The minimum atomic E-state index is 0.554. The van der Waals surface area contributed by atoms with E-state index in [9.17, 15) is 0 Å². The minimum Gasteiger partial charge on any atom is -0.488 e. The molecule has 104 valence electrons. The third-order valence-electron chi connectivity index (χ3n) is 3.47. The van der Waals surface area contributed by atoms with Crippen LogP contribution >= 0.6 is 0 Å². The van der Waals surface area contributed by atoms with Gasteiger partial charge in [0.1, 0.15) is 12.4 Å². The largest absolute Gasteiger partial charge is 0.488 e. The highest BCUT2D eigenvalue weighted by molar-refractivity contribution is 5.84. The number of benzene rings is 2. The van der Waals surface area contributed by atoms with Crippen LogP contribution in [0.25, 0.3) is 10.9 Å². The molecule has 0 N–H and O–H groups in total. The van der Waals surface area contributed by atoms with Crippen molar-refractivity contribution in [2.75, 3.05) is 0 Å². The van der Waals surface area contributed by atoms with Gasteiger partial charge in [-0.05, 0) is 41.8 Å². The predicted molar refractivity (Wildman–Crippen MR) is 86.4 cm³/mol.